The second-order valence-corrected chi connectivity index (χ2v) is 25.1. The number of hydrogen-bond donors (Lipinski definition) is 6. The molecule has 32 heteroatoms. The van der Waals surface area contributed by atoms with E-state index in [2.05, 4.69) is 9.97 Å². The highest BCUT2D eigenvalue weighted by atomic mass is 31.2. The minimum Gasteiger partial charge on any atom is -0.464 e. The largest absolute Gasteiger partial charge is 0.464 e. The Hall–Kier alpha value is -5.27. The van der Waals surface area contributed by atoms with Crippen LogP contribution < -0.4 is 9.47 Å². The fourth-order valence-electron chi connectivity index (χ4n) is 7.60. The maximum atomic E-state index is 15.0. The van der Waals surface area contributed by atoms with Crippen LogP contribution in [0.25, 0.3) is 0 Å². The van der Waals surface area contributed by atoms with Gasteiger partial charge in [0.1, 0.15) is 24.0 Å². The van der Waals surface area contributed by atoms with E-state index in [4.69, 9.17) is 32.3 Å². The first-order chi connectivity index (χ1) is 34.2. The first-order valence-electron chi connectivity index (χ1n) is 21.4. The van der Waals surface area contributed by atoms with E-state index in [1.165, 1.54) is 54.7 Å². The molecular weight excluding hydrogens is 1070 g/mol. The summed E-state index contributed by atoms with van der Waals surface area (Å²) in [5.41, 5.74) is -1.24. The zero-order chi connectivity index (χ0) is 53.3. The minimum atomic E-state index is -5.50. The number of aliphatic hydroxyl groups is 2. The number of amides is 3. The lowest BCUT2D eigenvalue weighted by Crippen LogP contribution is -2.40. The molecule has 5 unspecified atom stereocenters. The first kappa shape index (κ1) is 55.5. The topological polar surface area (TPSA) is 355 Å². The number of carbonyl (C=O) groups is 4. The summed E-state index contributed by atoms with van der Waals surface area (Å²) in [6, 6.07) is 8.91. The van der Waals surface area contributed by atoms with Gasteiger partial charge in [-0.25, -0.2) is 27.7 Å². The lowest BCUT2D eigenvalue weighted by atomic mass is 10.2. The Labute approximate surface area is 410 Å². The second-order valence-electron chi connectivity index (χ2n) is 16.5. The highest BCUT2D eigenvalue weighted by Gasteiger charge is 2.68. The van der Waals surface area contributed by atoms with E-state index in [1.54, 1.807) is 0 Å². The van der Waals surface area contributed by atoms with Crippen molar-refractivity contribution in [2.24, 2.45) is 0 Å². The summed E-state index contributed by atoms with van der Waals surface area (Å²) in [7, 11) is -21.5. The smallest absolute Gasteiger partial charge is 0.422 e. The predicted molar refractivity (Wildman–Crippen MR) is 237 cm³/mol. The molecule has 4 aliphatic heterocycles. The van der Waals surface area contributed by atoms with E-state index < -0.39 is 131 Å². The SMILES string of the molecule is CC(=O)OCC1CCCN1C(=O)Oc1cc(F)c(C2OP(=O)(O)C(O)(Cc3cccnc3)P(=O)(O)O2)c(F)c1.O=C1CCCN1C(=O)Oc1ccc(C2OP(=O)(O)C(O)(Cc3cccnc3)P(=O)(O)O2)cc1F. The van der Waals surface area contributed by atoms with Gasteiger partial charge in [0.05, 0.1) is 11.6 Å². The van der Waals surface area contributed by atoms with Crippen molar-refractivity contribution < 1.29 is 113 Å². The fraction of sp³-hybridized carbons (Fsp3) is 0.366. The normalized spacial score (nSPS) is 31.0. The molecule has 4 fully saturated rings. The lowest BCUT2D eigenvalue weighted by Gasteiger charge is -2.41. The van der Waals surface area contributed by atoms with E-state index >= 15 is 0 Å². The van der Waals surface area contributed by atoms with Crippen LogP contribution in [-0.2, 0) is 63.5 Å². The minimum absolute atomic E-state index is 0.0748. The Morgan fingerprint density at radius 2 is 1.26 bits per heavy atom. The summed E-state index contributed by atoms with van der Waals surface area (Å²) in [6.45, 7) is 1.51. The number of likely N-dealkylation sites (tertiary alicyclic amines) is 2. The van der Waals surface area contributed by atoms with Crippen molar-refractivity contribution in [1.82, 2.24) is 19.8 Å². The summed E-state index contributed by atoms with van der Waals surface area (Å²) < 4.78 is 130. The van der Waals surface area contributed by atoms with Crippen LogP contribution in [0.1, 0.15) is 67.4 Å². The Balaban J connectivity index is 0.000000216. The van der Waals surface area contributed by atoms with Gasteiger partial charge in [0.15, 0.2) is 11.6 Å². The third kappa shape index (κ3) is 11.7. The van der Waals surface area contributed by atoms with Crippen LogP contribution in [0.5, 0.6) is 11.5 Å². The number of benzene rings is 2. The monoisotopic (exact) mass is 1110 g/mol. The van der Waals surface area contributed by atoms with E-state index in [1.807, 2.05) is 0 Å². The Bertz CT molecular complexity index is 2910. The zero-order valence-electron chi connectivity index (χ0n) is 37.6. The summed E-state index contributed by atoms with van der Waals surface area (Å²) in [4.78, 5) is 98.4. The molecule has 25 nitrogen and oxygen atoms in total. The van der Waals surface area contributed by atoms with Crippen LogP contribution in [0.4, 0.5) is 22.8 Å². The number of hydrogen-bond acceptors (Lipinski definition) is 19. The molecule has 8 rings (SSSR count). The van der Waals surface area contributed by atoms with Gasteiger partial charge < -0.3 is 48.9 Å². The van der Waals surface area contributed by atoms with Crippen LogP contribution in [0.3, 0.4) is 0 Å². The number of imide groups is 1. The summed E-state index contributed by atoms with van der Waals surface area (Å²) in [6.07, 6.45) is -1.39. The Morgan fingerprint density at radius 3 is 1.73 bits per heavy atom. The number of halogens is 3. The average Bonchev–Trinajstić information content (AvgIpc) is 3.97. The van der Waals surface area contributed by atoms with Crippen molar-refractivity contribution >= 4 is 54.4 Å². The molecular formula is C41H43F3N4O21P4. The number of carbonyl (C=O) groups excluding carboxylic acids is 4. The molecule has 6 heterocycles. The van der Waals surface area contributed by atoms with Crippen molar-refractivity contribution in [2.75, 3.05) is 19.7 Å². The predicted octanol–water partition coefficient (Wildman–Crippen LogP) is 5.84. The van der Waals surface area contributed by atoms with E-state index in [-0.39, 0.29) is 42.8 Å². The number of aromatic nitrogens is 2. The van der Waals surface area contributed by atoms with Gasteiger partial charge in [-0.15, -0.1) is 0 Å². The number of pyridine rings is 2. The van der Waals surface area contributed by atoms with Crippen molar-refractivity contribution in [2.45, 2.75) is 74.2 Å². The van der Waals surface area contributed by atoms with Gasteiger partial charge in [-0.2, -0.15) is 0 Å². The van der Waals surface area contributed by atoms with Gasteiger partial charge in [-0.3, -0.25) is 55.9 Å². The number of esters is 1. The maximum Gasteiger partial charge on any atom is 0.422 e. The number of ether oxygens (including phenoxy) is 3. The molecule has 4 aromatic rings. The maximum absolute atomic E-state index is 15.0. The van der Waals surface area contributed by atoms with E-state index in [0.717, 1.165) is 23.2 Å². The van der Waals surface area contributed by atoms with Crippen LogP contribution in [0.2, 0.25) is 0 Å². The summed E-state index contributed by atoms with van der Waals surface area (Å²) >= 11 is 0. The molecule has 394 valence electrons. The van der Waals surface area contributed by atoms with Crippen LogP contribution in [-0.4, -0.2) is 110 Å². The molecule has 5 atom stereocenters. The molecule has 0 saturated carbocycles. The van der Waals surface area contributed by atoms with E-state index in [0.29, 0.717) is 37.5 Å². The fourth-order valence-corrected chi connectivity index (χ4v) is 14.7. The van der Waals surface area contributed by atoms with Gasteiger partial charge in [-0.1, -0.05) is 18.2 Å². The van der Waals surface area contributed by atoms with Gasteiger partial charge in [0.2, 0.25) is 18.5 Å². The molecule has 2 aromatic heterocycles. The highest BCUT2D eigenvalue weighted by Crippen LogP contribution is 2.80. The number of rotatable bonds is 10. The van der Waals surface area contributed by atoms with Gasteiger partial charge in [0, 0.05) is 81.8 Å². The second kappa shape index (κ2) is 21.5. The van der Waals surface area contributed by atoms with Crippen molar-refractivity contribution in [3.8, 4) is 11.5 Å². The molecule has 4 saturated heterocycles. The molecule has 3 amide bonds. The van der Waals surface area contributed by atoms with Crippen LogP contribution in [0.15, 0.2) is 79.4 Å². The first-order valence-corrected chi connectivity index (χ1v) is 27.7. The molecule has 0 aliphatic carbocycles. The molecule has 0 bridgehead atoms. The van der Waals surface area contributed by atoms with Crippen molar-refractivity contribution in [3.63, 3.8) is 0 Å². The van der Waals surface area contributed by atoms with Gasteiger partial charge in [-0.05, 0) is 54.7 Å². The van der Waals surface area contributed by atoms with Crippen molar-refractivity contribution in [3.05, 3.63) is 119 Å². The average molecular weight is 1110 g/mol. The third-order valence-electron chi connectivity index (χ3n) is 11.4. The molecule has 6 N–H and O–H groups in total. The number of nitrogens with zero attached hydrogens (tertiary/aromatic N) is 4. The standard InChI is InChI=1S/C22H24F2N2O11P2.C19H19FN2O10P2/c1-13(27)34-12-15-5-3-7-26(15)21(28)35-16-8-17(23)19(18(24)9-16)20-36-38(30,31)22(29,39(32,33)37-20)10-14-4-2-6-25-11-14;20-14-9-13(5-6-15(14)30-18(24)22-8-2-4-16(22)23)17-31-33(26,27)19(25,34(28,29)32-17)10-12-3-1-7-21-11-12/h2,4,6,8-9,11,15,20,29H,3,5,7,10,12H2,1H3,(H,30,31)(H,32,33);1,3,5-7,9,11,17,25H,2,4,8,10H2,(H,26,27)(H,28,29). The third-order valence-corrected chi connectivity index (χ3v) is 20.6. The quantitative estimate of drug-likeness (QED) is 0.0802. The van der Waals surface area contributed by atoms with Crippen LogP contribution >= 0.6 is 30.4 Å². The lowest BCUT2D eigenvalue weighted by molar-refractivity contribution is -0.142. The molecule has 0 spiro atoms. The van der Waals surface area contributed by atoms with Crippen LogP contribution in [0, 0.1) is 17.5 Å². The van der Waals surface area contributed by atoms with E-state index in [9.17, 15) is 80.4 Å². The van der Waals surface area contributed by atoms with Gasteiger partial charge >= 0.3 is 48.5 Å². The van der Waals surface area contributed by atoms with Gasteiger partial charge in [0.25, 0.3) is 10.2 Å². The Kier molecular flexibility index (Phi) is 16.4. The van der Waals surface area contributed by atoms with Crippen molar-refractivity contribution in [1.29, 1.82) is 0 Å². The zero-order valence-corrected chi connectivity index (χ0v) is 41.2. The molecule has 2 aromatic carbocycles. The molecule has 73 heavy (non-hydrogen) atoms. The highest BCUT2D eigenvalue weighted by molar-refractivity contribution is 7.73. The molecule has 0 radical (unpaired) electrons. The summed E-state index contributed by atoms with van der Waals surface area (Å²) in [5.74, 6) is -6.30. The molecule has 4 aliphatic rings. The summed E-state index contributed by atoms with van der Waals surface area (Å²) in [5, 5.41) is 14.9. The Morgan fingerprint density at radius 1 is 0.726 bits per heavy atom.